The molecule has 3 atom stereocenters. The first-order chi connectivity index (χ1) is 9.24. The average Bonchev–Trinajstić information content (AvgIpc) is 3.04. The van der Waals surface area contributed by atoms with Crippen molar-refractivity contribution in [2.45, 2.75) is 25.7 Å². The summed E-state index contributed by atoms with van der Waals surface area (Å²) in [5.41, 5.74) is 1.93. The second kappa shape index (κ2) is 3.72. The molecule has 4 rings (SSSR count). The van der Waals surface area contributed by atoms with Crippen molar-refractivity contribution in [3.8, 4) is 5.75 Å². The third kappa shape index (κ3) is 1.35. The van der Waals surface area contributed by atoms with E-state index in [0.717, 1.165) is 36.1 Å². The largest absolute Gasteiger partial charge is 0.496 e. The van der Waals surface area contributed by atoms with Crippen LogP contribution in [0.15, 0.2) is 30.4 Å². The lowest BCUT2D eigenvalue weighted by Gasteiger charge is -2.38. The maximum Gasteiger partial charge on any atom is 0.170 e. The molecule has 0 aliphatic heterocycles. The van der Waals surface area contributed by atoms with Gasteiger partial charge in [-0.15, -0.1) is 0 Å². The lowest BCUT2D eigenvalue weighted by molar-refractivity contribution is 0.0701. The van der Waals surface area contributed by atoms with Crippen molar-refractivity contribution in [1.82, 2.24) is 0 Å². The average molecular weight is 254 g/mol. The predicted molar refractivity (Wildman–Crippen MR) is 73.4 cm³/mol. The van der Waals surface area contributed by atoms with Gasteiger partial charge in [0.2, 0.25) is 0 Å². The van der Waals surface area contributed by atoms with Crippen LogP contribution in [0.5, 0.6) is 5.75 Å². The lowest BCUT2D eigenvalue weighted by Crippen LogP contribution is -2.39. The molecule has 1 fully saturated rings. The molecular formula is C17H18O2. The van der Waals surface area contributed by atoms with Gasteiger partial charge < -0.3 is 4.74 Å². The van der Waals surface area contributed by atoms with Gasteiger partial charge in [-0.1, -0.05) is 24.3 Å². The lowest BCUT2D eigenvalue weighted by atomic mass is 9.63. The molecule has 3 aliphatic rings. The van der Waals surface area contributed by atoms with Gasteiger partial charge in [0.1, 0.15) is 5.75 Å². The van der Waals surface area contributed by atoms with Crippen LogP contribution in [0.25, 0.3) is 0 Å². The molecule has 2 heteroatoms. The molecule has 0 N–H and O–H groups in total. The highest BCUT2D eigenvalue weighted by Crippen LogP contribution is 2.58. The Morgan fingerprint density at radius 2 is 2.21 bits per heavy atom. The van der Waals surface area contributed by atoms with Crippen molar-refractivity contribution in [1.29, 1.82) is 0 Å². The van der Waals surface area contributed by atoms with Gasteiger partial charge in [-0.3, -0.25) is 4.79 Å². The highest BCUT2D eigenvalue weighted by atomic mass is 16.5. The predicted octanol–water partition coefficient (Wildman–Crippen LogP) is 3.41. The summed E-state index contributed by atoms with van der Waals surface area (Å²) in [5, 5.41) is 0. The van der Waals surface area contributed by atoms with E-state index in [-0.39, 0.29) is 5.41 Å². The van der Waals surface area contributed by atoms with Gasteiger partial charge in [-0.05, 0) is 43.6 Å². The molecular weight excluding hydrogens is 236 g/mol. The number of fused-ring (bicyclic) bond motifs is 4. The van der Waals surface area contributed by atoms with Crippen LogP contribution in [-0.2, 0) is 6.42 Å². The maximum atomic E-state index is 13.0. The molecule has 0 aromatic heterocycles. The maximum absolute atomic E-state index is 13.0. The first-order valence-electron chi connectivity index (χ1n) is 7.13. The smallest absolute Gasteiger partial charge is 0.170 e. The van der Waals surface area contributed by atoms with Gasteiger partial charge in [0.05, 0.1) is 7.11 Å². The van der Waals surface area contributed by atoms with E-state index in [4.69, 9.17) is 4.74 Å². The summed E-state index contributed by atoms with van der Waals surface area (Å²) in [6, 6.07) is 5.89. The van der Waals surface area contributed by atoms with Crippen molar-refractivity contribution in [3.05, 3.63) is 41.5 Å². The van der Waals surface area contributed by atoms with Crippen molar-refractivity contribution in [3.63, 3.8) is 0 Å². The fourth-order valence-electron chi connectivity index (χ4n) is 4.46. The molecule has 19 heavy (non-hydrogen) atoms. The van der Waals surface area contributed by atoms with E-state index in [1.165, 1.54) is 6.42 Å². The van der Waals surface area contributed by atoms with Gasteiger partial charge in [0.25, 0.3) is 0 Å². The van der Waals surface area contributed by atoms with Crippen molar-refractivity contribution < 1.29 is 9.53 Å². The normalized spacial score (nSPS) is 34.9. The number of benzene rings is 1. The minimum atomic E-state index is -0.0984. The van der Waals surface area contributed by atoms with Crippen LogP contribution in [0.1, 0.15) is 35.2 Å². The molecule has 1 spiro atoms. The fourth-order valence-corrected chi connectivity index (χ4v) is 4.46. The summed E-state index contributed by atoms with van der Waals surface area (Å²) < 4.78 is 5.41. The minimum absolute atomic E-state index is 0.0984. The quantitative estimate of drug-likeness (QED) is 0.718. The highest BCUT2D eigenvalue weighted by molar-refractivity contribution is 6.04. The van der Waals surface area contributed by atoms with Gasteiger partial charge in [-0.2, -0.15) is 0 Å². The third-order valence-electron chi connectivity index (χ3n) is 5.38. The van der Waals surface area contributed by atoms with Gasteiger partial charge in [0.15, 0.2) is 5.78 Å². The molecule has 0 saturated heterocycles. The monoisotopic (exact) mass is 254 g/mol. The van der Waals surface area contributed by atoms with E-state index < -0.39 is 0 Å². The summed E-state index contributed by atoms with van der Waals surface area (Å²) in [7, 11) is 1.69. The summed E-state index contributed by atoms with van der Waals surface area (Å²) in [4.78, 5) is 13.0. The highest BCUT2D eigenvalue weighted by Gasteiger charge is 2.54. The van der Waals surface area contributed by atoms with E-state index in [1.54, 1.807) is 7.11 Å². The van der Waals surface area contributed by atoms with E-state index in [9.17, 15) is 4.79 Å². The number of carbonyl (C=O) groups is 1. The Kier molecular flexibility index (Phi) is 2.21. The number of rotatable bonds is 1. The Hall–Kier alpha value is -1.57. The zero-order valence-electron chi connectivity index (χ0n) is 11.2. The molecule has 3 aliphatic carbocycles. The van der Waals surface area contributed by atoms with Crippen LogP contribution in [-0.4, -0.2) is 12.9 Å². The van der Waals surface area contributed by atoms with Gasteiger partial charge in [0, 0.05) is 16.5 Å². The summed E-state index contributed by atoms with van der Waals surface area (Å²) in [6.07, 6.45) is 8.81. The molecule has 0 heterocycles. The number of hydrogen-bond donors (Lipinski definition) is 0. The van der Waals surface area contributed by atoms with Crippen LogP contribution in [0.4, 0.5) is 0 Å². The van der Waals surface area contributed by atoms with Crippen molar-refractivity contribution in [2.75, 3.05) is 7.11 Å². The number of ether oxygens (including phenoxy) is 1. The number of allylic oxidation sites excluding steroid dienone is 2. The summed E-state index contributed by atoms with van der Waals surface area (Å²) >= 11 is 0. The second-order valence-electron chi connectivity index (χ2n) is 6.16. The molecule has 1 saturated carbocycles. The molecule has 1 aromatic rings. The number of hydrogen-bond acceptors (Lipinski definition) is 2. The zero-order chi connectivity index (χ0) is 13.0. The van der Waals surface area contributed by atoms with Gasteiger partial charge in [-0.25, -0.2) is 0 Å². The van der Waals surface area contributed by atoms with Crippen LogP contribution >= 0.6 is 0 Å². The number of Topliss-reactive ketones (excluding diaryl/α,β-unsaturated/α-hetero) is 1. The zero-order valence-corrected chi connectivity index (χ0v) is 11.2. The van der Waals surface area contributed by atoms with E-state index in [1.807, 2.05) is 18.2 Å². The van der Waals surface area contributed by atoms with Crippen molar-refractivity contribution in [2.24, 2.45) is 17.3 Å². The van der Waals surface area contributed by atoms with E-state index >= 15 is 0 Å². The molecule has 0 amide bonds. The second-order valence-corrected chi connectivity index (χ2v) is 6.16. The molecule has 98 valence electrons. The molecule has 2 nitrogen and oxygen atoms in total. The topological polar surface area (TPSA) is 26.3 Å². The molecule has 0 radical (unpaired) electrons. The summed E-state index contributed by atoms with van der Waals surface area (Å²) in [6.45, 7) is 0. The fraction of sp³-hybridized carbons (Fsp3) is 0.471. The standard InChI is InChI=1S/C17H18O2/c1-19-15-4-2-3-14-13(15)7-8-17(16(14)18)10-11-5-6-12(17)9-11/h2-6,11-12H,7-10H2,1H3. The van der Waals surface area contributed by atoms with E-state index in [2.05, 4.69) is 12.2 Å². The minimum Gasteiger partial charge on any atom is -0.496 e. The van der Waals surface area contributed by atoms with Crippen molar-refractivity contribution >= 4 is 5.78 Å². The Labute approximate surface area is 113 Å². The Balaban J connectivity index is 1.82. The van der Waals surface area contributed by atoms with Crippen LogP contribution < -0.4 is 4.74 Å². The number of ketones is 1. The Morgan fingerprint density at radius 1 is 1.32 bits per heavy atom. The number of methoxy groups -OCH3 is 1. The van der Waals surface area contributed by atoms with Crippen LogP contribution in [0.2, 0.25) is 0 Å². The third-order valence-corrected chi connectivity index (χ3v) is 5.38. The molecule has 3 unspecified atom stereocenters. The Morgan fingerprint density at radius 3 is 2.89 bits per heavy atom. The molecule has 1 aromatic carbocycles. The summed E-state index contributed by atoms with van der Waals surface area (Å²) in [5.74, 6) is 2.36. The van der Waals surface area contributed by atoms with Crippen LogP contribution in [0.3, 0.4) is 0 Å². The number of carbonyl (C=O) groups excluding carboxylic acids is 1. The van der Waals surface area contributed by atoms with E-state index in [0.29, 0.717) is 17.6 Å². The first-order valence-corrected chi connectivity index (χ1v) is 7.13. The SMILES string of the molecule is COc1cccc2c1CCC1(CC3C=CC1C3)C2=O. The molecule has 2 bridgehead atoms. The van der Waals surface area contributed by atoms with Gasteiger partial charge >= 0.3 is 0 Å². The first kappa shape index (κ1) is 11.3. The van der Waals surface area contributed by atoms with Crippen LogP contribution in [0, 0.1) is 17.3 Å². The Bertz CT molecular complexity index is 587.